The molecule has 0 saturated carbocycles. The van der Waals surface area contributed by atoms with Crippen molar-refractivity contribution in [2.45, 2.75) is 13.3 Å². The minimum atomic E-state index is -0.691. The quantitative estimate of drug-likeness (QED) is 0.848. The Hall–Kier alpha value is -1.88. The Labute approximate surface area is 115 Å². The summed E-state index contributed by atoms with van der Waals surface area (Å²) in [5.74, 6) is -1.60. The Morgan fingerprint density at radius 2 is 2.11 bits per heavy atom. The molecule has 1 N–H and O–H groups in total. The van der Waals surface area contributed by atoms with Crippen LogP contribution in [0.1, 0.15) is 23.7 Å². The number of ketones is 1. The number of carbonyl (C=O) groups is 3. The van der Waals surface area contributed by atoms with Gasteiger partial charge in [-0.05, 0) is 24.6 Å². The Morgan fingerprint density at radius 1 is 1.37 bits per heavy atom. The lowest BCUT2D eigenvalue weighted by Gasteiger charge is -2.15. The number of fused-ring (bicyclic) bond motifs is 1. The van der Waals surface area contributed by atoms with Crippen molar-refractivity contribution in [3.05, 3.63) is 28.8 Å². The number of nitrogens with one attached hydrogen (secondary N) is 1. The summed E-state index contributed by atoms with van der Waals surface area (Å²) >= 11 is 5.80. The molecule has 0 saturated heterocycles. The van der Waals surface area contributed by atoms with Crippen LogP contribution in [0.15, 0.2) is 18.2 Å². The zero-order chi connectivity index (χ0) is 14.0. The number of halogens is 1. The molecular weight excluding hydrogens is 268 g/mol. The molecule has 5 nitrogen and oxygen atoms in total. The van der Waals surface area contributed by atoms with Crippen molar-refractivity contribution >= 4 is 34.9 Å². The van der Waals surface area contributed by atoms with Gasteiger partial charge in [0.25, 0.3) is 11.7 Å². The molecule has 2 amide bonds. The van der Waals surface area contributed by atoms with Gasteiger partial charge in [-0.1, -0.05) is 18.5 Å². The maximum atomic E-state index is 11.8. The van der Waals surface area contributed by atoms with E-state index in [1.165, 1.54) is 11.0 Å². The largest absolute Gasteiger partial charge is 0.355 e. The molecule has 100 valence electrons. The maximum Gasteiger partial charge on any atom is 0.299 e. The first kappa shape index (κ1) is 13.5. The maximum absolute atomic E-state index is 11.8. The monoisotopic (exact) mass is 280 g/mol. The molecule has 0 atom stereocenters. The van der Waals surface area contributed by atoms with Crippen LogP contribution in [0.3, 0.4) is 0 Å². The highest BCUT2D eigenvalue weighted by Gasteiger charge is 2.36. The number of Topliss-reactive ketones (excluding diaryl/α,β-unsaturated/α-hetero) is 1. The molecule has 1 aromatic carbocycles. The van der Waals surface area contributed by atoms with E-state index >= 15 is 0 Å². The molecule has 1 heterocycles. The van der Waals surface area contributed by atoms with E-state index in [2.05, 4.69) is 5.32 Å². The van der Waals surface area contributed by atoms with Crippen LogP contribution in [0.2, 0.25) is 5.02 Å². The fourth-order valence-electron chi connectivity index (χ4n) is 1.89. The summed E-state index contributed by atoms with van der Waals surface area (Å²) in [5.41, 5.74) is 0.687. The lowest BCUT2D eigenvalue weighted by molar-refractivity contribution is -0.122. The zero-order valence-corrected chi connectivity index (χ0v) is 11.2. The highest BCUT2D eigenvalue weighted by molar-refractivity contribution is 6.53. The van der Waals surface area contributed by atoms with E-state index in [4.69, 9.17) is 11.6 Å². The molecular formula is C13H13ClN2O3. The SMILES string of the molecule is CCCNC(=O)CN1C(=O)C(=O)c2cc(Cl)ccc21. The van der Waals surface area contributed by atoms with Gasteiger partial charge in [0.1, 0.15) is 6.54 Å². The number of benzene rings is 1. The van der Waals surface area contributed by atoms with Gasteiger partial charge >= 0.3 is 0 Å². The summed E-state index contributed by atoms with van der Waals surface area (Å²) in [4.78, 5) is 36.4. The van der Waals surface area contributed by atoms with Gasteiger partial charge < -0.3 is 5.32 Å². The highest BCUT2D eigenvalue weighted by atomic mass is 35.5. The molecule has 6 heteroatoms. The van der Waals surface area contributed by atoms with Crippen LogP contribution in [-0.4, -0.2) is 30.7 Å². The first-order chi connectivity index (χ1) is 9.04. The number of carbonyl (C=O) groups excluding carboxylic acids is 3. The lowest BCUT2D eigenvalue weighted by atomic mass is 10.1. The average Bonchev–Trinajstić information content (AvgIpc) is 2.61. The lowest BCUT2D eigenvalue weighted by Crippen LogP contribution is -2.40. The summed E-state index contributed by atoms with van der Waals surface area (Å²) in [6, 6.07) is 4.61. The first-order valence-corrected chi connectivity index (χ1v) is 6.35. The Kier molecular flexibility index (Phi) is 3.85. The Balaban J connectivity index is 2.21. The van der Waals surface area contributed by atoms with Crippen molar-refractivity contribution in [2.75, 3.05) is 18.0 Å². The van der Waals surface area contributed by atoms with E-state index in [-0.39, 0.29) is 18.0 Å². The molecule has 0 fully saturated rings. The number of rotatable bonds is 4. The Bertz CT molecular complexity index is 557. The third-order valence-electron chi connectivity index (χ3n) is 2.81. The van der Waals surface area contributed by atoms with Crippen LogP contribution < -0.4 is 10.2 Å². The number of hydrogen-bond acceptors (Lipinski definition) is 3. The summed E-state index contributed by atoms with van der Waals surface area (Å²) < 4.78 is 0. The highest BCUT2D eigenvalue weighted by Crippen LogP contribution is 2.30. The topological polar surface area (TPSA) is 66.5 Å². The van der Waals surface area contributed by atoms with E-state index in [9.17, 15) is 14.4 Å². The third-order valence-corrected chi connectivity index (χ3v) is 3.04. The van der Waals surface area contributed by atoms with Gasteiger partial charge in [-0.2, -0.15) is 0 Å². The van der Waals surface area contributed by atoms with E-state index < -0.39 is 11.7 Å². The van der Waals surface area contributed by atoms with Crippen LogP contribution in [0.4, 0.5) is 5.69 Å². The minimum Gasteiger partial charge on any atom is -0.355 e. The van der Waals surface area contributed by atoms with Crippen LogP contribution >= 0.6 is 11.6 Å². The van der Waals surface area contributed by atoms with Gasteiger partial charge in [0.05, 0.1) is 11.3 Å². The standard InChI is InChI=1S/C13H13ClN2O3/c1-2-5-15-11(17)7-16-10-4-3-8(14)6-9(10)12(18)13(16)19/h3-4,6H,2,5,7H2,1H3,(H,15,17). The molecule has 0 spiro atoms. The zero-order valence-electron chi connectivity index (χ0n) is 10.4. The second-order valence-electron chi connectivity index (χ2n) is 4.23. The van der Waals surface area contributed by atoms with Gasteiger partial charge in [-0.15, -0.1) is 0 Å². The number of nitrogens with zero attached hydrogens (tertiary/aromatic N) is 1. The van der Waals surface area contributed by atoms with Gasteiger partial charge in [0.2, 0.25) is 5.91 Å². The number of amides is 2. The van der Waals surface area contributed by atoms with E-state index in [1.807, 2.05) is 6.92 Å². The Morgan fingerprint density at radius 3 is 2.79 bits per heavy atom. The molecule has 2 rings (SSSR count). The van der Waals surface area contributed by atoms with Gasteiger partial charge in [0, 0.05) is 11.6 Å². The van der Waals surface area contributed by atoms with Crippen LogP contribution in [0, 0.1) is 0 Å². The second kappa shape index (κ2) is 5.40. The predicted octanol–water partition coefficient (Wildman–Crippen LogP) is 1.40. The third kappa shape index (κ3) is 2.61. The van der Waals surface area contributed by atoms with Crippen molar-refractivity contribution < 1.29 is 14.4 Å². The molecule has 1 aromatic rings. The molecule has 1 aliphatic rings. The van der Waals surface area contributed by atoms with Gasteiger partial charge in [-0.25, -0.2) is 0 Å². The molecule has 1 aliphatic heterocycles. The molecule has 19 heavy (non-hydrogen) atoms. The van der Waals surface area contributed by atoms with Crippen LogP contribution in [0.5, 0.6) is 0 Å². The molecule has 0 aromatic heterocycles. The summed E-state index contributed by atoms with van der Waals surface area (Å²) in [7, 11) is 0. The fourth-order valence-corrected chi connectivity index (χ4v) is 2.07. The molecule has 0 unspecified atom stereocenters. The minimum absolute atomic E-state index is 0.154. The average molecular weight is 281 g/mol. The summed E-state index contributed by atoms with van der Waals surface area (Å²) in [6.07, 6.45) is 0.810. The van der Waals surface area contributed by atoms with Crippen LogP contribution in [-0.2, 0) is 9.59 Å². The first-order valence-electron chi connectivity index (χ1n) is 5.97. The van der Waals surface area contributed by atoms with Gasteiger partial charge in [0.15, 0.2) is 0 Å². The van der Waals surface area contributed by atoms with Crippen molar-refractivity contribution in [3.63, 3.8) is 0 Å². The second-order valence-corrected chi connectivity index (χ2v) is 4.67. The van der Waals surface area contributed by atoms with Crippen molar-refractivity contribution in [2.24, 2.45) is 0 Å². The molecule has 0 aliphatic carbocycles. The predicted molar refractivity (Wildman–Crippen MR) is 71.4 cm³/mol. The van der Waals surface area contributed by atoms with E-state index in [1.54, 1.807) is 12.1 Å². The van der Waals surface area contributed by atoms with Crippen molar-refractivity contribution in [1.29, 1.82) is 0 Å². The molecule has 0 bridgehead atoms. The summed E-state index contributed by atoms with van der Waals surface area (Å²) in [5, 5.41) is 3.05. The number of hydrogen-bond donors (Lipinski definition) is 1. The van der Waals surface area contributed by atoms with E-state index in [0.29, 0.717) is 17.3 Å². The van der Waals surface area contributed by atoms with Crippen molar-refractivity contribution in [1.82, 2.24) is 5.32 Å². The number of anilines is 1. The normalized spacial score (nSPS) is 13.7. The van der Waals surface area contributed by atoms with Crippen LogP contribution in [0.25, 0.3) is 0 Å². The van der Waals surface area contributed by atoms with Crippen molar-refractivity contribution in [3.8, 4) is 0 Å². The smallest absolute Gasteiger partial charge is 0.299 e. The molecule has 0 radical (unpaired) electrons. The van der Waals surface area contributed by atoms with E-state index in [0.717, 1.165) is 6.42 Å². The fraction of sp³-hybridized carbons (Fsp3) is 0.308. The summed E-state index contributed by atoms with van der Waals surface area (Å²) in [6.45, 7) is 2.32. The van der Waals surface area contributed by atoms with Gasteiger partial charge in [-0.3, -0.25) is 19.3 Å².